The van der Waals surface area contributed by atoms with Crippen molar-refractivity contribution in [2.45, 2.75) is 24.4 Å². The molecule has 0 atom stereocenters. The number of ether oxygens (including phenoxy) is 1. The lowest BCUT2D eigenvalue weighted by atomic mass is 10.2. The summed E-state index contributed by atoms with van der Waals surface area (Å²) in [4.78, 5) is 0. The number of rotatable bonds is 6. The number of aryl methyl sites for hydroxylation is 1. The van der Waals surface area contributed by atoms with Crippen LogP contribution >= 0.6 is 11.8 Å². The third kappa shape index (κ3) is 4.05. The molecule has 0 fully saturated rings. The molecule has 0 saturated heterocycles. The molecule has 0 spiro atoms. The summed E-state index contributed by atoms with van der Waals surface area (Å²) in [5, 5.41) is 9.08. The minimum atomic E-state index is -0.849. The standard InChI is InChI=1S/C18H17F2N3OS/c1-12-4-3-5-14(8-12)23-17(10-24-2)21-22-18(23)25-11-13-6-7-15(19)16(20)9-13/h3-9H,10-11H2,1-2H3. The molecule has 0 unspecified atom stereocenters. The molecule has 0 aliphatic rings. The number of thioether (sulfide) groups is 1. The molecule has 1 aromatic heterocycles. The number of methoxy groups -OCH3 is 1. The Morgan fingerprint density at radius 1 is 1.08 bits per heavy atom. The van der Waals surface area contributed by atoms with E-state index in [-0.39, 0.29) is 0 Å². The van der Waals surface area contributed by atoms with Crippen LogP contribution in [0.4, 0.5) is 8.78 Å². The van der Waals surface area contributed by atoms with Crippen LogP contribution in [-0.4, -0.2) is 21.9 Å². The van der Waals surface area contributed by atoms with Crippen LogP contribution in [0.15, 0.2) is 47.6 Å². The summed E-state index contributed by atoms with van der Waals surface area (Å²) in [6.07, 6.45) is 0. The Balaban J connectivity index is 1.89. The van der Waals surface area contributed by atoms with Gasteiger partial charge in [-0.1, -0.05) is 30.0 Å². The molecule has 25 heavy (non-hydrogen) atoms. The van der Waals surface area contributed by atoms with E-state index in [0.29, 0.717) is 28.9 Å². The summed E-state index contributed by atoms with van der Waals surface area (Å²) in [6.45, 7) is 2.34. The van der Waals surface area contributed by atoms with Gasteiger partial charge in [-0.2, -0.15) is 0 Å². The summed E-state index contributed by atoms with van der Waals surface area (Å²) < 4.78 is 33.5. The summed E-state index contributed by atoms with van der Waals surface area (Å²) in [5.41, 5.74) is 2.73. The zero-order chi connectivity index (χ0) is 17.8. The van der Waals surface area contributed by atoms with E-state index in [9.17, 15) is 8.78 Å². The van der Waals surface area contributed by atoms with Crippen LogP contribution in [0.5, 0.6) is 0 Å². The van der Waals surface area contributed by atoms with Crippen LogP contribution in [0.3, 0.4) is 0 Å². The average Bonchev–Trinajstić information content (AvgIpc) is 2.99. The van der Waals surface area contributed by atoms with E-state index < -0.39 is 11.6 Å². The average molecular weight is 361 g/mol. The van der Waals surface area contributed by atoms with Crippen molar-refractivity contribution >= 4 is 11.8 Å². The van der Waals surface area contributed by atoms with Gasteiger partial charge in [0.1, 0.15) is 6.61 Å². The number of hydrogen-bond acceptors (Lipinski definition) is 4. The quantitative estimate of drug-likeness (QED) is 0.614. The third-order valence-electron chi connectivity index (χ3n) is 3.59. The van der Waals surface area contributed by atoms with E-state index in [2.05, 4.69) is 10.2 Å². The molecule has 3 aromatic rings. The van der Waals surface area contributed by atoms with E-state index in [0.717, 1.165) is 17.3 Å². The van der Waals surface area contributed by atoms with Gasteiger partial charge in [-0.25, -0.2) is 8.78 Å². The van der Waals surface area contributed by atoms with Gasteiger partial charge < -0.3 is 4.74 Å². The van der Waals surface area contributed by atoms with Crippen molar-refractivity contribution in [2.24, 2.45) is 0 Å². The number of hydrogen-bond donors (Lipinski definition) is 0. The summed E-state index contributed by atoms with van der Waals surface area (Å²) in [6, 6.07) is 11.9. The molecule has 130 valence electrons. The molecule has 0 saturated carbocycles. The molecule has 0 amide bonds. The molecule has 0 aliphatic carbocycles. The molecule has 0 N–H and O–H groups in total. The first-order valence-electron chi connectivity index (χ1n) is 7.65. The summed E-state index contributed by atoms with van der Waals surface area (Å²) >= 11 is 1.41. The largest absolute Gasteiger partial charge is 0.377 e. The minimum absolute atomic E-state index is 0.326. The second-order valence-electron chi connectivity index (χ2n) is 5.54. The highest BCUT2D eigenvalue weighted by Gasteiger charge is 2.15. The highest BCUT2D eigenvalue weighted by atomic mass is 32.2. The van der Waals surface area contributed by atoms with Crippen LogP contribution in [0, 0.1) is 18.6 Å². The van der Waals surface area contributed by atoms with Crippen molar-refractivity contribution in [1.29, 1.82) is 0 Å². The second kappa shape index (κ2) is 7.76. The van der Waals surface area contributed by atoms with Crippen LogP contribution in [0.1, 0.15) is 17.0 Å². The Hall–Kier alpha value is -2.25. The fraction of sp³-hybridized carbons (Fsp3) is 0.222. The van der Waals surface area contributed by atoms with Gasteiger partial charge >= 0.3 is 0 Å². The number of aromatic nitrogens is 3. The zero-order valence-corrected chi connectivity index (χ0v) is 14.7. The van der Waals surface area contributed by atoms with Gasteiger partial charge in [-0.3, -0.25) is 4.57 Å². The van der Waals surface area contributed by atoms with Gasteiger partial charge in [0, 0.05) is 18.6 Å². The van der Waals surface area contributed by atoms with Crippen molar-refractivity contribution < 1.29 is 13.5 Å². The first-order chi connectivity index (χ1) is 12.1. The van der Waals surface area contributed by atoms with Gasteiger partial charge in [-0.15, -0.1) is 10.2 Å². The van der Waals surface area contributed by atoms with E-state index in [1.54, 1.807) is 13.2 Å². The Morgan fingerprint density at radius 3 is 2.64 bits per heavy atom. The fourth-order valence-electron chi connectivity index (χ4n) is 2.42. The monoisotopic (exact) mass is 361 g/mol. The van der Waals surface area contributed by atoms with E-state index in [1.807, 2.05) is 35.8 Å². The lowest BCUT2D eigenvalue weighted by Gasteiger charge is -2.10. The smallest absolute Gasteiger partial charge is 0.196 e. The minimum Gasteiger partial charge on any atom is -0.377 e. The van der Waals surface area contributed by atoms with Crippen molar-refractivity contribution in [3.8, 4) is 5.69 Å². The fourth-order valence-corrected chi connectivity index (χ4v) is 3.33. The first kappa shape index (κ1) is 17.6. The molecule has 0 radical (unpaired) electrons. The normalized spacial score (nSPS) is 11.0. The van der Waals surface area contributed by atoms with Gasteiger partial charge in [0.15, 0.2) is 22.6 Å². The highest BCUT2D eigenvalue weighted by Crippen LogP contribution is 2.26. The Morgan fingerprint density at radius 2 is 1.92 bits per heavy atom. The number of nitrogens with zero attached hydrogens (tertiary/aromatic N) is 3. The van der Waals surface area contributed by atoms with Crippen molar-refractivity contribution in [2.75, 3.05) is 7.11 Å². The maximum Gasteiger partial charge on any atom is 0.196 e. The summed E-state index contributed by atoms with van der Waals surface area (Å²) in [5.74, 6) is -0.563. The second-order valence-corrected chi connectivity index (χ2v) is 6.49. The van der Waals surface area contributed by atoms with Crippen molar-refractivity contribution in [3.05, 3.63) is 71.1 Å². The Kier molecular flexibility index (Phi) is 5.45. The molecule has 4 nitrogen and oxygen atoms in total. The SMILES string of the molecule is COCc1nnc(SCc2ccc(F)c(F)c2)n1-c1cccc(C)c1. The summed E-state index contributed by atoms with van der Waals surface area (Å²) in [7, 11) is 1.60. The lowest BCUT2D eigenvalue weighted by Crippen LogP contribution is -2.04. The molecule has 2 aromatic carbocycles. The molecular formula is C18H17F2N3OS. The maximum atomic E-state index is 13.4. The molecule has 0 bridgehead atoms. The predicted molar refractivity (Wildman–Crippen MR) is 92.7 cm³/mol. The Bertz CT molecular complexity index is 883. The van der Waals surface area contributed by atoms with Crippen LogP contribution in [-0.2, 0) is 17.1 Å². The van der Waals surface area contributed by atoms with E-state index in [4.69, 9.17) is 4.74 Å². The van der Waals surface area contributed by atoms with Gasteiger partial charge in [0.25, 0.3) is 0 Å². The Labute approximate surface area is 148 Å². The molecule has 1 heterocycles. The van der Waals surface area contributed by atoms with Crippen LogP contribution < -0.4 is 0 Å². The van der Waals surface area contributed by atoms with Gasteiger partial charge in [0.05, 0.1) is 0 Å². The first-order valence-corrected chi connectivity index (χ1v) is 8.64. The molecule has 0 aliphatic heterocycles. The van der Waals surface area contributed by atoms with Crippen LogP contribution in [0.2, 0.25) is 0 Å². The lowest BCUT2D eigenvalue weighted by molar-refractivity contribution is 0.176. The van der Waals surface area contributed by atoms with Crippen LogP contribution in [0.25, 0.3) is 5.69 Å². The topological polar surface area (TPSA) is 39.9 Å². The van der Waals surface area contributed by atoms with Crippen molar-refractivity contribution in [3.63, 3.8) is 0 Å². The highest BCUT2D eigenvalue weighted by molar-refractivity contribution is 7.98. The number of halogens is 2. The molecule has 3 rings (SSSR count). The zero-order valence-electron chi connectivity index (χ0n) is 13.9. The number of benzene rings is 2. The predicted octanol–water partition coefficient (Wildman–Crippen LogP) is 4.29. The molecular weight excluding hydrogens is 344 g/mol. The third-order valence-corrected chi connectivity index (χ3v) is 4.59. The molecule has 7 heteroatoms. The van der Waals surface area contributed by atoms with E-state index in [1.165, 1.54) is 17.8 Å². The van der Waals surface area contributed by atoms with Crippen molar-refractivity contribution in [1.82, 2.24) is 14.8 Å². The maximum absolute atomic E-state index is 13.4. The van der Waals surface area contributed by atoms with E-state index >= 15 is 0 Å². The van der Waals surface area contributed by atoms with Gasteiger partial charge in [0.2, 0.25) is 0 Å². The van der Waals surface area contributed by atoms with Gasteiger partial charge in [-0.05, 0) is 42.3 Å².